The lowest BCUT2D eigenvalue weighted by Gasteiger charge is -2.04. The summed E-state index contributed by atoms with van der Waals surface area (Å²) in [5.74, 6) is 0.240. The summed E-state index contributed by atoms with van der Waals surface area (Å²) >= 11 is 0. The van der Waals surface area contributed by atoms with Crippen molar-refractivity contribution in [2.45, 2.75) is 0 Å². The monoisotopic (exact) mass is 349 g/mol. The van der Waals surface area contributed by atoms with Crippen LogP contribution in [0.5, 0.6) is 11.5 Å². The minimum absolute atomic E-state index is 0.288. The highest BCUT2D eigenvalue weighted by molar-refractivity contribution is 5.91. The first-order valence-corrected chi connectivity index (χ1v) is 7.90. The molecule has 0 spiro atoms. The normalized spacial score (nSPS) is 10.7. The van der Waals surface area contributed by atoms with Crippen molar-refractivity contribution in [2.24, 2.45) is 4.99 Å². The number of halogens is 1. The first kappa shape index (κ1) is 17.4. The minimum atomic E-state index is -0.537. The molecular formula is C21H16FNO3. The third-order valence-electron chi connectivity index (χ3n) is 3.61. The highest BCUT2D eigenvalue weighted by Gasteiger charge is 2.08. The highest BCUT2D eigenvalue weighted by atomic mass is 19.1. The van der Waals surface area contributed by atoms with Crippen molar-refractivity contribution in [3.8, 4) is 11.5 Å². The number of rotatable bonds is 5. The van der Waals surface area contributed by atoms with Gasteiger partial charge >= 0.3 is 5.97 Å². The number of benzene rings is 3. The molecule has 26 heavy (non-hydrogen) atoms. The van der Waals surface area contributed by atoms with Gasteiger partial charge in [0.1, 0.15) is 17.3 Å². The van der Waals surface area contributed by atoms with E-state index in [0.717, 1.165) is 17.0 Å². The Morgan fingerprint density at radius 2 is 1.50 bits per heavy atom. The zero-order valence-corrected chi connectivity index (χ0v) is 14.1. The molecule has 0 aliphatic rings. The molecule has 0 fully saturated rings. The molecule has 4 nitrogen and oxygen atoms in total. The molecule has 0 bridgehead atoms. The Bertz CT molecular complexity index is 901. The Morgan fingerprint density at radius 3 is 2.12 bits per heavy atom. The second kappa shape index (κ2) is 8.07. The number of methoxy groups -OCH3 is 1. The first-order chi connectivity index (χ1) is 12.6. The van der Waals surface area contributed by atoms with Crippen molar-refractivity contribution in [2.75, 3.05) is 7.11 Å². The summed E-state index contributed by atoms with van der Waals surface area (Å²) in [6.45, 7) is 0. The Balaban J connectivity index is 1.63. The van der Waals surface area contributed by atoms with Crippen LogP contribution in [0.1, 0.15) is 15.9 Å². The molecule has 0 saturated heterocycles. The van der Waals surface area contributed by atoms with E-state index in [2.05, 4.69) is 4.99 Å². The van der Waals surface area contributed by atoms with Gasteiger partial charge in [-0.25, -0.2) is 9.18 Å². The van der Waals surface area contributed by atoms with Gasteiger partial charge in [0.15, 0.2) is 0 Å². The minimum Gasteiger partial charge on any atom is -0.497 e. The van der Waals surface area contributed by atoms with Crippen LogP contribution in [0.3, 0.4) is 0 Å². The number of carbonyl (C=O) groups is 1. The summed E-state index contributed by atoms with van der Waals surface area (Å²) in [4.78, 5) is 16.4. The molecule has 0 unspecified atom stereocenters. The van der Waals surface area contributed by atoms with Gasteiger partial charge in [0.05, 0.1) is 18.4 Å². The van der Waals surface area contributed by atoms with E-state index in [1.54, 1.807) is 37.6 Å². The lowest BCUT2D eigenvalue weighted by atomic mass is 10.2. The van der Waals surface area contributed by atoms with Gasteiger partial charge in [-0.05, 0) is 78.4 Å². The SMILES string of the molecule is COc1ccc(N=Cc2ccc(OC(=O)c3ccc(F)cc3)cc2)cc1. The second-order valence-corrected chi connectivity index (χ2v) is 5.42. The summed E-state index contributed by atoms with van der Waals surface area (Å²) < 4.78 is 23.3. The van der Waals surface area contributed by atoms with E-state index in [1.165, 1.54) is 24.3 Å². The van der Waals surface area contributed by atoms with Crippen molar-refractivity contribution in [3.05, 3.63) is 89.7 Å². The summed E-state index contributed by atoms with van der Waals surface area (Å²) in [7, 11) is 1.61. The quantitative estimate of drug-likeness (QED) is 0.377. The van der Waals surface area contributed by atoms with Crippen LogP contribution in [0.4, 0.5) is 10.1 Å². The molecule has 0 aromatic heterocycles. The number of nitrogens with zero attached hydrogens (tertiary/aromatic N) is 1. The lowest BCUT2D eigenvalue weighted by molar-refractivity contribution is 0.0734. The lowest BCUT2D eigenvalue weighted by Crippen LogP contribution is -2.08. The Morgan fingerprint density at radius 1 is 0.885 bits per heavy atom. The van der Waals surface area contributed by atoms with Crippen LogP contribution in [-0.4, -0.2) is 19.3 Å². The van der Waals surface area contributed by atoms with Crippen molar-refractivity contribution in [3.63, 3.8) is 0 Å². The topological polar surface area (TPSA) is 47.9 Å². The van der Waals surface area contributed by atoms with Crippen molar-refractivity contribution >= 4 is 17.9 Å². The fourth-order valence-electron chi connectivity index (χ4n) is 2.19. The summed E-state index contributed by atoms with van der Waals surface area (Å²) in [5, 5.41) is 0. The van der Waals surface area contributed by atoms with Gasteiger partial charge in [0.25, 0.3) is 0 Å². The molecule has 3 aromatic rings. The number of carbonyl (C=O) groups excluding carboxylic acids is 1. The average Bonchev–Trinajstić information content (AvgIpc) is 2.68. The maximum atomic E-state index is 12.9. The molecule has 3 aromatic carbocycles. The van der Waals surface area contributed by atoms with E-state index in [9.17, 15) is 9.18 Å². The van der Waals surface area contributed by atoms with Crippen LogP contribution in [0.2, 0.25) is 0 Å². The summed E-state index contributed by atoms with van der Waals surface area (Å²) in [6.07, 6.45) is 1.72. The number of aliphatic imine (C=N–C) groups is 1. The van der Waals surface area contributed by atoms with Crippen LogP contribution >= 0.6 is 0 Å². The maximum Gasteiger partial charge on any atom is 0.343 e. The molecule has 0 atom stereocenters. The molecule has 0 amide bonds. The predicted molar refractivity (Wildman–Crippen MR) is 98.0 cm³/mol. The average molecular weight is 349 g/mol. The summed E-state index contributed by atoms with van der Waals surface area (Å²) in [6, 6.07) is 19.5. The smallest absolute Gasteiger partial charge is 0.343 e. The Kier molecular flexibility index (Phi) is 5.39. The van der Waals surface area contributed by atoms with E-state index >= 15 is 0 Å². The molecule has 0 aliphatic carbocycles. The van der Waals surface area contributed by atoms with E-state index in [1.807, 2.05) is 24.3 Å². The van der Waals surface area contributed by atoms with Gasteiger partial charge in [-0.15, -0.1) is 0 Å². The van der Waals surface area contributed by atoms with Gasteiger partial charge in [0.2, 0.25) is 0 Å². The van der Waals surface area contributed by atoms with Crippen LogP contribution in [0.15, 0.2) is 77.8 Å². The molecule has 0 radical (unpaired) electrons. The Labute approximate surface area is 150 Å². The van der Waals surface area contributed by atoms with Crippen molar-refractivity contribution in [1.29, 1.82) is 0 Å². The number of esters is 1. The zero-order valence-electron chi connectivity index (χ0n) is 14.1. The van der Waals surface area contributed by atoms with E-state index in [0.29, 0.717) is 5.75 Å². The van der Waals surface area contributed by atoms with Crippen LogP contribution in [0, 0.1) is 5.82 Å². The molecule has 0 aliphatic heterocycles. The zero-order chi connectivity index (χ0) is 18.4. The highest BCUT2D eigenvalue weighted by Crippen LogP contribution is 2.18. The van der Waals surface area contributed by atoms with Crippen LogP contribution in [0.25, 0.3) is 0 Å². The second-order valence-electron chi connectivity index (χ2n) is 5.42. The number of ether oxygens (including phenoxy) is 2. The molecular weight excluding hydrogens is 333 g/mol. The van der Waals surface area contributed by atoms with Gasteiger partial charge in [-0.3, -0.25) is 4.99 Å². The van der Waals surface area contributed by atoms with Crippen LogP contribution < -0.4 is 9.47 Å². The predicted octanol–water partition coefficient (Wildman–Crippen LogP) is 4.80. The third kappa shape index (κ3) is 4.54. The van der Waals surface area contributed by atoms with Crippen molar-refractivity contribution < 1.29 is 18.7 Å². The molecule has 0 heterocycles. The van der Waals surface area contributed by atoms with Gasteiger partial charge in [-0.1, -0.05) is 0 Å². The molecule has 0 N–H and O–H groups in total. The molecule has 5 heteroatoms. The van der Waals surface area contributed by atoms with Crippen molar-refractivity contribution in [1.82, 2.24) is 0 Å². The first-order valence-electron chi connectivity index (χ1n) is 7.90. The Hall–Kier alpha value is -3.47. The third-order valence-corrected chi connectivity index (χ3v) is 3.61. The number of hydrogen-bond acceptors (Lipinski definition) is 4. The van der Waals surface area contributed by atoms with E-state index in [4.69, 9.17) is 9.47 Å². The molecule has 0 saturated carbocycles. The van der Waals surface area contributed by atoms with Gasteiger partial charge < -0.3 is 9.47 Å². The molecule has 130 valence electrons. The summed E-state index contributed by atoms with van der Waals surface area (Å²) in [5.41, 5.74) is 1.96. The van der Waals surface area contributed by atoms with Crippen LogP contribution in [-0.2, 0) is 0 Å². The number of hydrogen-bond donors (Lipinski definition) is 0. The van der Waals surface area contributed by atoms with E-state index < -0.39 is 11.8 Å². The maximum absolute atomic E-state index is 12.9. The standard InChI is InChI=1S/C21H16FNO3/c1-25-19-12-8-18(9-13-19)23-14-15-2-10-20(11-3-15)26-21(24)16-4-6-17(22)7-5-16/h2-14H,1H3. The van der Waals surface area contributed by atoms with E-state index in [-0.39, 0.29) is 5.56 Å². The fourth-order valence-corrected chi connectivity index (χ4v) is 2.19. The fraction of sp³-hybridized carbons (Fsp3) is 0.0476. The molecule has 3 rings (SSSR count). The largest absolute Gasteiger partial charge is 0.497 e. The van der Waals surface area contributed by atoms with Gasteiger partial charge in [0, 0.05) is 6.21 Å². The van der Waals surface area contributed by atoms with Gasteiger partial charge in [-0.2, -0.15) is 0 Å².